The van der Waals surface area contributed by atoms with Gasteiger partial charge >= 0.3 is 0 Å². The van der Waals surface area contributed by atoms with Crippen LogP contribution >= 0.6 is 15.9 Å². The van der Waals surface area contributed by atoms with Gasteiger partial charge in [-0.2, -0.15) is 0 Å². The highest BCUT2D eigenvalue weighted by molar-refractivity contribution is 9.10. The molecule has 0 fully saturated rings. The van der Waals surface area contributed by atoms with Crippen molar-refractivity contribution in [2.45, 2.75) is 0 Å². The molecule has 1 heterocycles. The van der Waals surface area contributed by atoms with Crippen LogP contribution in [-0.4, -0.2) is 15.9 Å². The molecule has 1 aromatic rings. The second-order valence-electron chi connectivity index (χ2n) is 1.69. The maximum absolute atomic E-state index is 10.9. The predicted molar refractivity (Wildman–Crippen MR) is 41.1 cm³/mol. The van der Waals surface area contributed by atoms with Gasteiger partial charge in [-0.1, -0.05) is 0 Å². The fraction of sp³-hybridized carbons (Fsp3) is 0. The molecule has 0 bridgehead atoms. The van der Waals surface area contributed by atoms with E-state index in [-0.39, 0.29) is 10.8 Å². The van der Waals surface area contributed by atoms with Crippen LogP contribution in [0.4, 0.5) is 0 Å². The third-order valence-corrected chi connectivity index (χ3v) is 1.31. The molecule has 0 saturated carbocycles. The van der Waals surface area contributed by atoms with Crippen molar-refractivity contribution in [1.82, 2.24) is 9.97 Å². The Balaban J connectivity index is 3.43. The predicted octanol–water partition coefficient (Wildman–Crippen LogP) is -0.369. The van der Waals surface area contributed by atoms with Crippen molar-refractivity contribution >= 4 is 21.8 Å². The number of halogens is 1. The standard InChI is InChI=1S/C5H4BrN3O2/c6-2-1-8-5(11)3(9-2)4(7)10/h1H,(H2,7,10)(H,8,11)/i1D. The van der Waals surface area contributed by atoms with E-state index in [4.69, 9.17) is 7.10 Å². The lowest BCUT2D eigenvalue weighted by Crippen LogP contribution is -2.25. The average molecular weight is 219 g/mol. The van der Waals surface area contributed by atoms with Gasteiger partial charge in [0.15, 0.2) is 5.69 Å². The van der Waals surface area contributed by atoms with Crippen molar-refractivity contribution in [2.75, 3.05) is 0 Å². The van der Waals surface area contributed by atoms with Crippen LogP contribution in [0.3, 0.4) is 0 Å². The number of hydrogen-bond donors (Lipinski definition) is 2. The van der Waals surface area contributed by atoms with Crippen LogP contribution in [0.15, 0.2) is 15.6 Å². The number of H-pyrrole nitrogens is 1. The molecule has 0 aliphatic carbocycles. The fourth-order valence-electron chi connectivity index (χ4n) is 0.511. The van der Waals surface area contributed by atoms with E-state index >= 15 is 0 Å². The van der Waals surface area contributed by atoms with E-state index in [1.54, 1.807) is 0 Å². The van der Waals surface area contributed by atoms with Crippen LogP contribution in [-0.2, 0) is 0 Å². The Morgan fingerprint density at radius 1 is 1.91 bits per heavy atom. The Bertz CT molecular complexity index is 389. The van der Waals surface area contributed by atoms with E-state index in [1.807, 2.05) is 0 Å². The van der Waals surface area contributed by atoms with Gasteiger partial charge in [-0.3, -0.25) is 9.59 Å². The van der Waals surface area contributed by atoms with Crippen LogP contribution in [0.1, 0.15) is 11.9 Å². The lowest BCUT2D eigenvalue weighted by molar-refractivity contribution is 0.0994. The van der Waals surface area contributed by atoms with Crippen LogP contribution in [0.2, 0.25) is 0 Å². The van der Waals surface area contributed by atoms with Gasteiger partial charge in [-0.05, 0) is 15.9 Å². The Kier molecular flexibility index (Phi) is 1.68. The molecule has 5 nitrogen and oxygen atoms in total. The van der Waals surface area contributed by atoms with Gasteiger partial charge in [0.25, 0.3) is 11.5 Å². The molecule has 0 atom stereocenters. The van der Waals surface area contributed by atoms with Crippen LogP contribution in [0.25, 0.3) is 0 Å². The zero-order valence-corrected chi connectivity index (χ0v) is 6.81. The molecule has 6 heteroatoms. The summed E-state index contributed by atoms with van der Waals surface area (Å²) in [7, 11) is 0. The number of aromatic nitrogens is 2. The monoisotopic (exact) mass is 218 g/mol. The molecular formula is C5H4BrN3O2. The first kappa shape index (κ1) is 6.53. The number of amides is 1. The quantitative estimate of drug-likeness (QED) is 0.675. The Morgan fingerprint density at radius 3 is 3.09 bits per heavy atom. The Hall–Kier alpha value is -1.17. The molecule has 3 N–H and O–H groups in total. The summed E-state index contributed by atoms with van der Waals surface area (Å²) in [5.74, 6) is -0.919. The third kappa shape index (κ3) is 1.64. The van der Waals surface area contributed by atoms with E-state index in [2.05, 4.69) is 25.9 Å². The van der Waals surface area contributed by atoms with Crippen molar-refractivity contribution in [2.24, 2.45) is 5.73 Å². The number of carbonyl (C=O) groups excluding carboxylic acids is 1. The normalized spacial score (nSPS) is 10.8. The van der Waals surface area contributed by atoms with Gasteiger partial charge in [0, 0.05) is 6.17 Å². The molecule has 1 rings (SSSR count). The van der Waals surface area contributed by atoms with E-state index in [1.165, 1.54) is 0 Å². The topological polar surface area (TPSA) is 88.8 Å². The van der Waals surface area contributed by atoms with Gasteiger partial charge in [0.2, 0.25) is 0 Å². The Morgan fingerprint density at radius 2 is 2.55 bits per heavy atom. The molecule has 58 valence electrons. The minimum atomic E-state index is -0.919. The molecule has 11 heavy (non-hydrogen) atoms. The number of aromatic amines is 1. The first-order chi connectivity index (χ1) is 5.52. The summed E-state index contributed by atoms with van der Waals surface area (Å²) in [6.07, 6.45) is -0.190. The number of nitrogens with zero attached hydrogens (tertiary/aromatic N) is 1. The number of nitrogens with one attached hydrogen (secondary N) is 1. The second kappa shape index (κ2) is 2.83. The van der Waals surface area contributed by atoms with Crippen molar-refractivity contribution in [1.29, 1.82) is 0 Å². The van der Waals surface area contributed by atoms with E-state index in [9.17, 15) is 9.59 Å². The molecule has 0 aliphatic heterocycles. The zero-order valence-electron chi connectivity index (χ0n) is 6.22. The van der Waals surface area contributed by atoms with Crippen molar-refractivity contribution < 1.29 is 6.17 Å². The highest BCUT2D eigenvalue weighted by Crippen LogP contribution is 1.99. The maximum atomic E-state index is 10.9. The number of primary amides is 1. The molecule has 0 spiro atoms. The van der Waals surface area contributed by atoms with E-state index in [0.29, 0.717) is 0 Å². The summed E-state index contributed by atoms with van der Waals surface area (Å²) in [4.78, 5) is 27.0. The minimum absolute atomic E-state index is 0.0795. The maximum Gasteiger partial charge on any atom is 0.279 e. The highest BCUT2D eigenvalue weighted by Gasteiger charge is 2.07. The second-order valence-corrected chi connectivity index (χ2v) is 2.45. The number of hydrogen-bond acceptors (Lipinski definition) is 3. The van der Waals surface area contributed by atoms with Crippen molar-refractivity contribution in [3.63, 3.8) is 0 Å². The molecule has 0 saturated heterocycles. The number of carbonyl (C=O) groups is 1. The van der Waals surface area contributed by atoms with Crippen molar-refractivity contribution in [3.05, 3.63) is 26.8 Å². The Labute approximate surface area is 71.2 Å². The highest BCUT2D eigenvalue weighted by atomic mass is 79.9. The van der Waals surface area contributed by atoms with Crippen LogP contribution in [0, 0.1) is 0 Å². The third-order valence-electron chi connectivity index (χ3n) is 0.938. The smallest absolute Gasteiger partial charge is 0.279 e. The van der Waals surface area contributed by atoms with Crippen molar-refractivity contribution in [3.8, 4) is 0 Å². The first-order valence-electron chi connectivity index (χ1n) is 3.08. The molecule has 1 aromatic heterocycles. The fourth-order valence-corrected chi connectivity index (χ4v) is 0.788. The first-order valence-corrected chi connectivity index (χ1v) is 3.38. The summed E-state index contributed by atoms with van der Waals surface area (Å²) >= 11 is 2.87. The van der Waals surface area contributed by atoms with E-state index < -0.39 is 17.2 Å². The van der Waals surface area contributed by atoms with Gasteiger partial charge < -0.3 is 10.7 Å². The average Bonchev–Trinajstić information content (AvgIpc) is 1.96. The van der Waals surface area contributed by atoms with Gasteiger partial charge in [-0.25, -0.2) is 4.98 Å². The summed E-state index contributed by atoms with van der Waals surface area (Å²) < 4.78 is 7.16. The summed E-state index contributed by atoms with van der Waals surface area (Å²) in [6.45, 7) is 0. The lowest BCUT2D eigenvalue weighted by Gasteiger charge is -1.92. The minimum Gasteiger partial charge on any atom is -0.364 e. The largest absolute Gasteiger partial charge is 0.364 e. The number of nitrogens with two attached hydrogens (primary N) is 1. The van der Waals surface area contributed by atoms with Crippen LogP contribution < -0.4 is 11.3 Å². The zero-order chi connectivity index (χ0) is 9.30. The summed E-state index contributed by atoms with van der Waals surface area (Å²) in [5, 5.41) is 0. The summed E-state index contributed by atoms with van der Waals surface area (Å²) in [6, 6.07) is 0. The molecule has 0 radical (unpaired) electrons. The lowest BCUT2D eigenvalue weighted by atomic mass is 10.4. The SMILES string of the molecule is [2H]c1[nH]c(=O)c(C(N)=O)nc1Br. The molecule has 0 aliphatic rings. The van der Waals surface area contributed by atoms with E-state index in [0.717, 1.165) is 0 Å². The molecule has 0 aromatic carbocycles. The van der Waals surface area contributed by atoms with Gasteiger partial charge in [-0.15, -0.1) is 0 Å². The van der Waals surface area contributed by atoms with Crippen LogP contribution in [0.5, 0.6) is 0 Å². The summed E-state index contributed by atoms with van der Waals surface area (Å²) in [5.41, 5.74) is 3.67. The van der Waals surface area contributed by atoms with Gasteiger partial charge in [0.05, 0.1) is 1.37 Å². The molecule has 0 unspecified atom stereocenters. The molecular weight excluding hydrogens is 214 g/mol. The molecule has 1 amide bonds. The van der Waals surface area contributed by atoms with Gasteiger partial charge in [0.1, 0.15) is 4.60 Å². The number of rotatable bonds is 1.